The van der Waals surface area contributed by atoms with Gasteiger partial charge in [-0.3, -0.25) is 9.36 Å². The Hall–Kier alpha value is -0.690. The van der Waals surface area contributed by atoms with Crippen molar-refractivity contribution in [3.05, 3.63) is 60.7 Å². The Morgan fingerprint density at radius 2 is 2.25 bits per heavy atom. The second-order valence-corrected chi connectivity index (χ2v) is 5.38. The Morgan fingerprint density at radius 3 is 3.00 bits per heavy atom. The molecule has 2 aromatic rings. The van der Waals surface area contributed by atoms with E-state index in [0.29, 0.717) is 10.1 Å². The molecule has 82 valence electrons. The third-order valence-electron chi connectivity index (χ3n) is 2.10. The number of hydrogen-bond donors (Lipinski definition) is 0. The van der Waals surface area contributed by atoms with Gasteiger partial charge in [-0.15, -0.1) is 0 Å². The first-order valence-electron chi connectivity index (χ1n) is 4.61. The largest absolute Gasteiger partial charge is 0.294 e. The van der Waals surface area contributed by atoms with Crippen LogP contribution in [0.25, 0.3) is 0 Å². The maximum Gasteiger partial charge on any atom is 0.267 e. The summed E-state index contributed by atoms with van der Waals surface area (Å²) in [5, 5.41) is 0. The van der Waals surface area contributed by atoms with Crippen molar-refractivity contribution in [3.8, 4) is 0 Å². The van der Waals surface area contributed by atoms with Gasteiger partial charge in [-0.25, -0.2) is 4.98 Å². The zero-order valence-electron chi connectivity index (χ0n) is 8.23. The van der Waals surface area contributed by atoms with Gasteiger partial charge in [-0.2, -0.15) is 0 Å². The van der Waals surface area contributed by atoms with Crippen LogP contribution in [-0.4, -0.2) is 9.55 Å². The second kappa shape index (κ2) is 5.09. The van der Waals surface area contributed by atoms with Gasteiger partial charge < -0.3 is 0 Å². The third kappa shape index (κ3) is 2.70. The molecule has 16 heavy (non-hydrogen) atoms. The molecule has 0 N–H and O–H groups in total. The lowest BCUT2D eigenvalue weighted by atomic mass is 10.2. The van der Waals surface area contributed by atoms with E-state index in [-0.39, 0.29) is 5.56 Å². The molecule has 1 aromatic carbocycles. The monoisotopic (exact) mass is 390 g/mol. The minimum absolute atomic E-state index is 0.00410. The van der Waals surface area contributed by atoms with E-state index in [1.165, 1.54) is 0 Å². The summed E-state index contributed by atoms with van der Waals surface area (Å²) >= 11 is 5.40. The van der Waals surface area contributed by atoms with E-state index in [9.17, 15) is 4.79 Å². The van der Waals surface area contributed by atoms with Crippen molar-refractivity contribution in [3.63, 3.8) is 0 Å². The summed E-state index contributed by atoms with van der Waals surface area (Å²) in [6.07, 6.45) is 3.13. The molecule has 0 spiro atoms. The van der Waals surface area contributed by atoms with Crippen LogP contribution in [-0.2, 0) is 6.54 Å². The van der Waals surface area contributed by atoms with Crippen LogP contribution < -0.4 is 5.56 Å². The Kier molecular flexibility index (Phi) is 3.75. The SMILES string of the molecule is O=c1c(I)cncn1Cc1cccc(Br)c1. The molecule has 3 nitrogen and oxygen atoms in total. The highest BCUT2D eigenvalue weighted by atomic mass is 127. The van der Waals surface area contributed by atoms with Crippen molar-refractivity contribution in [1.29, 1.82) is 0 Å². The van der Waals surface area contributed by atoms with Crippen LogP contribution in [0.5, 0.6) is 0 Å². The number of benzene rings is 1. The zero-order valence-corrected chi connectivity index (χ0v) is 12.0. The molecule has 5 heteroatoms. The number of halogens is 2. The highest BCUT2D eigenvalue weighted by molar-refractivity contribution is 14.1. The molecule has 0 amide bonds. The maximum atomic E-state index is 11.8. The van der Waals surface area contributed by atoms with E-state index in [2.05, 4.69) is 20.9 Å². The summed E-state index contributed by atoms with van der Waals surface area (Å²) < 4.78 is 3.25. The van der Waals surface area contributed by atoms with Crippen molar-refractivity contribution in [2.45, 2.75) is 6.54 Å². The Morgan fingerprint density at radius 1 is 1.44 bits per heavy atom. The van der Waals surface area contributed by atoms with Gasteiger partial charge in [0.1, 0.15) is 0 Å². The van der Waals surface area contributed by atoms with E-state index in [4.69, 9.17) is 0 Å². The maximum absolute atomic E-state index is 11.8. The van der Waals surface area contributed by atoms with Gasteiger partial charge in [0.15, 0.2) is 0 Å². The van der Waals surface area contributed by atoms with Crippen molar-refractivity contribution >= 4 is 38.5 Å². The van der Waals surface area contributed by atoms with Gasteiger partial charge in [0, 0.05) is 10.7 Å². The van der Waals surface area contributed by atoms with E-state index in [1.54, 1.807) is 17.1 Å². The molecule has 0 aliphatic heterocycles. The van der Waals surface area contributed by atoms with Crippen LogP contribution in [0.1, 0.15) is 5.56 Å². The van der Waals surface area contributed by atoms with Gasteiger partial charge in [0.05, 0.1) is 16.4 Å². The summed E-state index contributed by atoms with van der Waals surface area (Å²) in [6, 6.07) is 7.88. The summed E-state index contributed by atoms with van der Waals surface area (Å²) in [5.74, 6) is 0. The molecule has 0 saturated heterocycles. The summed E-state index contributed by atoms with van der Waals surface area (Å²) in [4.78, 5) is 15.8. The van der Waals surface area contributed by atoms with Crippen LogP contribution in [0, 0.1) is 3.57 Å². The second-order valence-electron chi connectivity index (χ2n) is 3.30. The smallest absolute Gasteiger partial charge is 0.267 e. The van der Waals surface area contributed by atoms with Gasteiger partial charge in [-0.1, -0.05) is 28.1 Å². The fourth-order valence-corrected chi connectivity index (χ4v) is 2.29. The Bertz CT molecular complexity index is 568. The first-order chi connectivity index (χ1) is 7.66. The minimum Gasteiger partial charge on any atom is -0.294 e. The number of rotatable bonds is 2. The van der Waals surface area contributed by atoms with E-state index in [1.807, 2.05) is 46.9 Å². The Labute approximate surface area is 115 Å². The average molecular weight is 391 g/mol. The fraction of sp³-hybridized carbons (Fsp3) is 0.0909. The predicted molar refractivity (Wildman–Crippen MR) is 74.5 cm³/mol. The van der Waals surface area contributed by atoms with Crippen molar-refractivity contribution in [2.24, 2.45) is 0 Å². The quantitative estimate of drug-likeness (QED) is 0.739. The lowest BCUT2D eigenvalue weighted by Crippen LogP contribution is -2.22. The van der Waals surface area contributed by atoms with Crippen LogP contribution in [0.15, 0.2) is 46.1 Å². The number of nitrogens with zero attached hydrogens (tertiary/aromatic N) is 2. The first kappa shape index (κ1) is 11.8. The molecule has 0 aliphatic rings. The third-order valence-corrected chi connectivity index (χ3v) is 3.33. The molecule has 0 fully saturated rings. The minimum atomic E-state index is -0.00410. The number of hydrogen-bond acceptors (Lipinski definition) is 2. The van der Waals surface area contributed by atoms with Gasteiger partial charge in [0.25, 0.3) is 5.56 Å². The Balaban J connectivity index is 2.34. The first-order valence-corrected chi connectivity index (χ1v) is 6.48. The van der Waals surface area contributed by atoms with Gasteiger partial charge >= 0.3 is 0 Å². The normalized spacial score (nSPS) is 10.4. The molecule has 2 rings (SSSR count). The van der Waals surface area contributed by atoms with E-state index >= 15 is 0 Å². The topological polar surface area (TPSA) is 34.9 Å². The van der Waals surface area contributed by atoms with Gasteiger partial charge in [-0.05, 0) is 40.3 Å². The van der Waals surface area contributed by atoms with Crippen molar-refractivity contribution < 1.29 is 0 Å². The molecule has 0 unspecified atom stereocenters. The lowest BCUT2D eigenvalue weighted by Gasteiger charge is -2.05. The average Bonchev–Trinajstić information content (AvgIpc) is 2.25. The molecule has 0 bridgehead atoms. The van der Waals surface area contributed by atoms with Crippen molar-refractivity contribution in [2.75, 3.05) is 0 Å². The fourth-order valence-electron chi connectivity index (χ4n) is 1.37. The van der Waals surface area contributed by atoms with Crippen LogP contribution in [0.2, 0.25) is 0 Å². The van der Waals surface area contributed by atoms with Gasteiger partial charge in [0.2, 0.25) is 0 Å². The number of aromatic nitrogens is 2. The molecule has 1 heterocycles. The van der Waals surface area contributed by atoms with E-state index in [0.717, 1.165) is 10.0 Å². The molecule has 0 radical (unpaired) electrons. The summed E-state index contributed by atoms with van der Waals surface area (Å²) in [6.45, 7) is 0.544. The predicted octanol–water partition coefficient (Wildman–Crippen LogP) is 2.66. The lowest BCUT2D eigenvalue weighted by molar-refractivity contribution is 0.730. The summed E-state index contributed by atoms with van der Waals surface area (Å²) in [7, 11) is 0. The molecule has 0 atom stereocenters. The van der Waals surface area contributed by atoms with E-state index < -0.39 is 0 Å². The van der Waals surface area contributed by atoms with Crippen molar-refractivity contribution in [1.82, 2.24) is 9.55 Å². The standard InChI is InChI=1S/C11H8BrIN2O/c12-9-3-1-2-8(4-9)6-15-7-14-5-10(13)11(15)16/h1-5,7H,6H2. The van der Waals surface area contributed by atoms with Crippen LogP contribution >= 0.6 is 38.5 Å². The van der Waals surface area contributed by atoms with Crippen LogP contribution in [0.3, 0.4) is 0 Å². The molecular weight excluding hydrogens is 383 g/mol. The molecule has 1 aromatic heterocycles. The molecule has 0 saturated carbocycles. The molecule has 0 aliphatic carbocycles. The summed E-state index contributed by atoms with van der Waals surface area (Å²) in [5.41, 5.74) is 1.07. The highest BCUT2D eigenvalue weighted by Gasteiger charge is 2.01. The zero-order chi connectivity index (χ0) is 11.5. The molecular formula is C11H8BrIN2O. The van der Waals surface area contributed by atoms with Crippen LogP contribution in [0.4, 0.5) is 0 Å². The highest BCUT2D eigenvalue weighted by Crippen LogP contribution is 2.12.